The Kier molecular flexibility index (Phi) is 12.3. The minimum atomic E-state index is -0.0926. The van der Waals surface area contributed by atoms with Crippen molar-refractivity contribution in [2.24, 2.45) is 22.4 Å². The molecule has 0 rings (SSSR count). The number of nitrogens with zero attached hydrogens (tertiary/aromatic N) is 1. The van der Waals surface area contributed by atoms with E-state index in [-0.39, 0.29) is 5.96 Å². The molecular formula is CH7ClN4O. The van der Waals surface area contributed by atoms with E-state index in [1.54, 1.807) is 0 Å². The second-order valence-corrected chi connectivity index (χ2v) is 0.554. The third-order valence-electron chi connectivity index (χ3n) is 0.149. The highest BCUT2D eigenvalue weighted by molar-refractivity contribution is 6.04. The highest BCUT2D eigenvalue weighted by Gasteiger charge is 1.62. The zero-order valence-electron chi connectivity index (χ0n) is 3.50. The molecule has 0 saturated heterocycles. The maximum absolute atomic E-state index is 6.47. The van der Waals surface area contributed by atoms with Crippen molar-refractivity contribution in [2.75, 3.05) is 0 Å². The summed E-state index contributed by atoms with van der Waals surface area (Å²) in [5.41, 5.74) is 9.39. The van der Waals surface area contributed by atoms with Crippen LogP contribution in [0.5, 0.6) is 0 Å². The topological polar surface area (TPSA) is 111 Å². The van der Waals surface area contributed by atoms with Crippen molar-refractivity contribution in [1.82, 2.24) is 0 Å². The van der Waals surface area contributed by atoms with Gasteiger partial charge in [-0.3, -0.25) is 4.66 Å². The van der Waals surface area contributed by atoms with Crippen molar-refractivity contribution in [2.45, 2.75) is 0 Å². The number of hydrogen-bond acceptors (Lipinski definition) is 3. The summed E-state index contributed by atoms with van der Waals surface area (Å²) in [7, 11) is 0. The molecule has 0 bridgehead atoms. The Morgan fingerprint density at radius 3 is 1.57 bits per heavy atom. The molecule has 0 aliphatic heterocycles. The van der Waals surface area contributed by atoms with Gasteiger partial charge in [-0.2, -0.15) is 0 Å². The van der Waals surface area contributed by atoms with E-state index in [1.807, 2.05) is 0 Å². The van der Waals surface area contributed by atoms with Gasteiger partial charge in [-0.15, -0.1) is 5.10 Å². The molecule has 0 amide bonds. The van der Waals surface area contributed by atoms with Crippen LogP contribution in [0.15, 0.2) is 5.10 Å². The van der Waals surface area contributed by atoms with Gasteiger partial charge < -0.3 is 17.3 Å². The lowest BCUT2D eigenvalue weighted by molar-refractivity contribution is 0.632. The lowest BCUT2D eigenvalue weighted by Gasteiger charge is -1.76. The normalized spacial score (nSPS) is 5.43. The summed E-state index contributed by atoms with van der Waals surface area (Å²) >= 11 is 3.64. The predicted molar refractivity (Wildman–Crippen MR) is 28.1 cm³/mol. The van der Waals surface area contributed by atoms with Crippen LogP contribution in [0.1, 0.15) is 0 Å². The van der Waals surface area contributed by atoms with Crippen LogP contribution in [-0.4, -0.2) is 10.6 Å². The molecule has 7 N–H and O–H groups in total. The predicted octanol–water partition coefficient (Wildman–Crippen LogP) is -1.73. The van der Waals surface area contributed by atoms with Crippen molar-refractivity contribution in [1.29, 1.82) is 0 Å². The molecule has 0 unspecified atom stereocenters. The van der Waals surface area contributed by atoms with Gasteiger partial charge in [0.25, 0.3) is 0 Å². The number of halogens is 1. The summed E-state index contributed by atoms with van der Waals surface area (Å²) in [6.45, 7) is 0. The summed E-state index contributed by atoms with van der Waals surface area (Å²) in [4.78, 5) is 0. The van der Waals surface area contributed by atoms with Crippen molar-refractivity contribution in [3.8, 4) is 0 Å². The number of hydrogen-bond donors (Lipinski definition) is 4. The summed E-state index contributed by atoms with van der Waals surface area (Å²) < 4.78 is 6.47. The van der Waals surface area contributed by atoms with Gasteiger partial charge in [-0.05, 0) is 0 Å². The molecule has 7 heavy (non-hydrogen) atoms. The first-order valence-corrected chi connectivity index (χ1v) is 1.57. The lowest BCUT2D eigenvalue weighted by atomic mass is 11.1. The Labute approximate surface area is 45.9 Å². The molecule has 0 aromatic carbocycles. The van der Waals surface area contributed by atoms with E-state index < -0.39 is 0 Å². The van der Waals surface area contributed by atoms with Crippen LogP contribution >= 0.6 is 11.9 Å². The van der Waals surface area contributed by atoms with Gasteiger partial charge in [0.05, 0.1) is 11.9 Å². The Morgan fingerprint density at radius 2 is 1.57 bits per heavy atom. The van der Waals surface area contributed by atoms with Crippen LogP contribution in [0.3, 0.4) is 0 Å². The van der Waals surface area contributed by atoms with Gasteiger partial charge in [0.15, 0.2) is 0 Å². The van der Waals surface area contributed by atoms with Gasteiger partial charge in [-0.1, -0.05) is 0 Å². The monoisotopic (exact) mass is 126 g/mol. The maximum Gasteiger partial charge on any atom is 0.208 e. The molecular weight excluding hydrogens is 119 g/mol. The SMILES string of the molecule is NN=C(N)N.OCl. The Morgan fingerprint density at radius 1 is 1.43 bits per heavy atom. The van der Waals surface area contributed by atoms with Crippen molar-refractivity contribution >= 4 is 17.8 Å². The molecule has 0 saturated carbocycles. The van der Waals surface area contributed by atoms with Gasteiger partial charge in [0, 0.05) is 0 Å². The Balaban J connectivity index is 0. The van der Waals surface area contributed by atoms with E-state index in [9.17, 15) is 0 Å². The van der Waals surface area contributed by atoms with Gasteiger partial charge in [-0.25, -0.2) is 0 Å². The second kappa shape index (κ2) is 9.01. The molecule has 0 aromatic heterocycles. The molecule has 0 aliphatic carbocycles. The molecule has 0 radical (unpaired) electrons. The van der Waals surface area contributed by atoms with Crippen LogP contribution in [0.4, 0.5) is 0 Å². The van der Waals surface area contributed by atoms with Gasteiger partial charge in [0.2, 0.25) is 5.96 Å². The highest BCUT2D eigenvalue weighted by Crippen LogP contribution is 1.31. The first-order chi connectivity index (χ1) is 3.27. The number of rotatable bonds is 0. The first kappa shape index (κ1) is 9.58. The van der Waals surface area contributed by atoms with E-state index in [4.69, 9.17) is 16.1 Å². The van der Waals surface area contributed by atoms with Crippen molar-refractivity contribution in [3.63, 3.8) is 0 Å². The largest absolute Gasteiger partial charge is 0.369 e. The van der Waals surface area contributed by atoms with Crippen LogP contribution < -0.4 is 17.3 Å². The minimum absolute atomic E-state index is 0.0926. The highest BCUT2D eigenvalue weighted by atomic mass is 35.5. The van der Waals surface area contributed by atoms with Gasteiger partial charge in [0.1, 0.15) is 0 Å². The molecule has 0 spiro atoms. The molecule has 6 heteroatoms. The first-order valence-electron chi connectivity index (χ1n) is 1.23. The van der Waals surface area contributed by atoms with E-state index in [1.165, 1.54) is 0 Å². The smallest absolute Gasteiger partial charge is 0.208 e. The lowest BCUT2D eigenvalue weighted by Crippen LogP contribution is -2.23. The molecule has 0 atom stereocenters. The summed E-state index contributed by atoms with van der Waals surface area (Å²) in [6, 6.07) is 0. The summed E-state index contributed by atoms with van der Waals surface area (Å²) in [5.74, 6) is 4.42. The molecule has 0 aromatic rings. The fourth-order valence-corrected chi connectivity index (χ4v) is 0. The zero-order chi connectivity index (χ0) is 6.28. The summed E-state index contributed by atoms with van der Waals surface area (Å²) in [5, 5.41) is 2.86. The van der Waals surface area contributed by atoms with E-state index in [0.29, 0.717) is 0 Å². The van der Waals surface area contributed by atoms with E-state index in [2.05, 4.69) is 22.8 Å². The number of nitrogens with two attached hydrogens (primary N) is 3. The fourth-order valence-electron chi connectivity index (χ4n) is 0. The van der Waals surface area contributed by atoms with Gasteiger partial charge >= 0.3 is 0 Å². The number of guanidine groups is 1. The van der Waals surface area contributed by atoms with Crippen LogP contribution in [0.25, 0.3) is 0 Å². The van der Waals surface area contributed by atoms with Crippen LogP contribution in [0, 0.1) is 0 Å². The van der Waals surface area contributed by atoms with Crippen LogP contribution in [-0.2, 0) is 0 Å². The third kappa shape index (κ3) is 33.7. The Hall–Kier alpha value is -0.680. The minimum Gasteiger partial charge on any atom is -0.369 e. The maximum atomic E-state index is 6.47. The molecule has 0 aliphatic rings. The Bertz CT molecular complexity index is 49.7. The average Bonchev–Trinajstić information content (AvgIpc) is 1.73. The zero-order valence-corrected chi connectivity index (χ0v) is 4.26. The van der Waals surface area contributed by atoms with Crippen LogP contribution in [0.2, 0.25) is 0 Å². The fraction of sp³-hybridized carbons (Fsp3) is 0. The standard InChI is InChI=1S/CH6N4.ClHO/c2-1(3)5-4;1-2/h4H2,(H4,2,3,5);2H. The average molecular weight is 127 g/mol. The molecule has 44 valence electrons. The second-order valence-electron chi connectivity index (χ2n) is 0.554. The summed E-state index contributed by atoms with van der Waals surface area (Å²) in [6.07, 6.45) is 0. The molecule has 5 nitrogen and oxygen atoms in total. The third-order valence-corrected chi connectivity index (χ3v) is 0.149. The quantitative estimate of drug-likeness (QED) is 0.134. The van der Waals surface area contributed by atoms with E-state index in [0.717, 1.165) is 0 Å². The molecule has 0 fully saturated rings. The van der Waals surface area contributed by atoms with Crippen molar-refractivity contribution < 1.29 is 4.66 Å². The number of hydrazone groups is 1. The molecule has 0 heterocycles. The van der Waals surface area contributed by atoms with Crippen molar-refractivity contribution in [3.05, 3.63) is 0 Å². The van der Waals surface area contributed by atoms with E-state index >= 15 is 0 Å².